The number of aliphatic hydroxyl groups is 2. The Morgan fingerprint density at radius 2 is 1.84 bits per heavy atom. The largest absolute Gasteiger partial charge is 0.496 e. The van der Waals surface area contributed by atoms with Crippen LogP contribution < -0.4 is 10.1 Å². The molecule has 0 bridgehead atoms. The summed E-state index contributed by atoms with van der Waals surface area (Å²) in [5.74, 6) is 0.475. The summed E-state index contributed by atoms with van der Waals surface area (Å²) < 4.78 is 10.5. The zero-order valence-electron chi connectivity index (χ0n) is 14.9. The number of nitrogens with one attached hydrogen (secondary N) is 1. The van der Waals surface area contributed by atoms with Gasteiger partial charge in [0.15, 0.2) is 0 Å². The number of ether oxygens (including phenoxy) is 2. The summed E-state index contributed by atoms with van der Waals surface area (Å²) >= 11 is 0. The van der Waals surface area contributed by atoms with Crippen molar-refractivity contribution in [3.8, 4) is 5.75 Å². The fourth-order valence-electron chi connectivity index (χ4n) is 2.56. The van der Waals surface area contributed by atoms with Crippen LogP contribution in [0.1, 0.15) is 32.4 Å². The number of rotatable bonds is 5. The molecule has 0 saturated heterocycles. The van der Waals surface area contributed by atoms with Gasteiger partial charge in [0.1, 0.15) is 23.6 Å². The van der Waals surface area contributed by atoms with Crippen molar-refractivity contribution in [2.45, 2.75) is 38.6 Å². The van der Waals surface area contributed by atoms with Crippen LogP contribution in [-0.2, 0) is 4.74 Å². The molecule has 3 N–H and O–H groups in total. The number of carbonyl (C=O) groups is 1. The third-order valence-electron chi connectivity index (χ3n) is 3.67. The molecule has 1 amide bonds. The van der Waals surface area contributed by atoms with Crippen molar-refractivity contribution in [3.63, 3.8) is 0 Å². The van der Waals surface area contributed by atoms with Crippen molar-refractivity contribution in [2.24, 2.45) is 0 Å². The lowest BCUT2D eigenvalue weighted by molar-refractivity contribution is 0.0126. The van der Waals surface area contributed by atoms with Gasteiger partial charge in [-0.15, -0.1) is 0 Å². The van der Waals surface area contributed by atoms with E-state index >= 15 is 0 Å². The highest BCUT2D eigenvalue weighted by molar-refractivity contribution is 5.88. The second-order valence-electron chi connectivity index (χ2n) is 6.80. The summed E-state index contributed by atoms with van der Waals surface area (Å²) in [5.41, 5.74) is -0.147. The molecule has 0 aliphatic heterocycles. The highest BCUT2D eigenvalue weighted by atomic mass is 16.6. The minimum atomic E-state index is -1.23. The van der Waals surface area contributed by atoms with E-state index in [0.29, 0.717) is 11.3 Å². The molecular weight excluding hydrogens is 322 g/mol. The molecule has 0 heterocycles. The SMILES string of the molecule is COc1ccc2ccccc2c1C(O)C(O)CNC(=O)OC(C)(C)C. The highest BCUT2D eigenvalue weighted by Gasteiger charge is 2.25. The Hall–Kier alpha value is -2.31. The summed E-state index contributed by atoms with van der Waals surface area (Å²) in [6, 6.07) is 11.1. The van der Waals surface area contributed by atoms with Crippen molar-refractivity contribution in [1.82, 2.24) is 5.32 Å². The van der Waals surface area contributed by atoms with Crippen LogP contribution >= 0.6 is 0 Å². The fraction of sp³-hybridized carbons (Fsp3) is 0.421. The molecule has 6 heteroatoms. The van der Waals surface area contributed by atoms with E-state index in [4.69, 9.17) is 9.47 Å². The monoisotopic (exact) mass is 347 g/mol. The van der Waals surface area contributed by atoms with Crippen LogP contribution in [0.25, 0.3) is 10.8 Å². The second-order valence-corrected chi connectivity index (χ2v) is 6.80. The second kappa shape index (κ2) is 7.72. The molecule has 6 nitrogen and oxygen atoms in total. The van der Waals surface area contributed by atoms with E-state index in [9.17, 15) is 15.0 Å². The molecule has 0 aliphatic rings. The molecule has 2 unspecified atom stereocenters. The first-order chi connectivity index (χ1) is 11.7. The van der Waals surface area contributed by atoms with Crippen molar-refractivity contribution in [2.75, 3.05) is 13.7 Å². The van der Waals surface area contributed by atoms with E-state index in [1.807, 2.05) is 30.3 Å². The molecule has 0 spiro atoms. The highest BCUT2D eigenvalue weighted by Crippen LogP contribution is 2.34. The molecule has 0 radical (unpaired) electrons. The quantitative estimate of drug-likeness (QED) is 0.774. The molecule has 2 atom stereocenters. The summed E-state index contributed by atoms with van der Waals surface area (Å²) in [7, 11) is 1.51. The molecule has 2 aromatic rings. The number of aliphatic hydroxyl groups excluding tert-OH is 2. The van der Waals surface area contributed by atoms with E-state index in [-0.39, 0.29) is 6.54 Å². The number of carbonyl (C=O) groups excluding carboxylic acids is 1. The van der Waals surface area contributed by atoms with E-state index in [1.54, 1.807) is 26.8 Å². The predicted molar refractivity (Wildman–Crippen MR) is 95.7 cm³/mol. The van der Waals surface area contributed by atoms with Gasteiger partial charge in [-0.1, -0.05) is 30.3 Å². The predicted octanol–water partition coefficient (Wildman–Crippen LogP) is 2.77. The van der Waals surface area contributed by atoms with Crippen molar-refractivity contribution in [3.05, 3.63) is 42.0 Å². The van der Waals surface area contributed by atoms with Crippen molar-refractivity contribution >= 4 is 16.9 Å². The Labute approximate surface area is 147 Å². The molecule has 136 valence electrons. The summed E-state index contributed by atoms with van der Waals surface area (Å²) in [6.07, 6.45) is -3.09. The molecule has 0 aliphatic carbocycles. The molecule has 2 rings (SSSR count). The number of hydrogen-bond acceptors (Lipinski definition) is 5. The first-order valence-electron chi connectivity index (χ1n) is 8.11. The molecule has 25 heavy (non-hydrogen) atoms. The number of hydrogen-bond donors (Lipinski definition) is 3. The zero-order valence-corrected chi connectivity index (χ0v) is 14.9. The lowest BCUT2D eigenvalue weighted by Crippen LogP contribution is -2.39. The number of benzene rings is 2. The minimum Gasteiger partial charge on any atom is -0.496 e. The van der Waals surface area contributed by atoms with Gasteiger partial charge in [0.25, 0.3) is 0 Å². The molecule has 2 aromatic carbocycles. The average molecular weight is 347 g/mol. The Morgan fingerprint density at radius 3 is 2.48 bits per heavy atom. The molecular formula is C19H25NO5. The van der Waals surface area contributed by atoms with Gasteiger partial charge >= 0.3 is 6.09 Å². The molecule has 0 aromatic heterocycles. The molecule has 0 fully saturated rings. The van der Waals surface area contributed by atoms with Crippen LogP contribution in [-0.4, -0.2) is 41.7 Å². The van der Waals surface area contributed by atoms with Gasteiger partial charge < -0.3 is 25.0 Å². The Balaban J connectivity index is 2.18. The third-order valence-corrected chi connectivity index (χ3v) is 3.67. The van der Waals surface area contributed by atoms with E-state index < -0.39 is 23.9 Å². The summed E-state index contributed by atoms with van der Waals surface area (Å²) in [5, 5.41) is 25.1. The normalized spacial score (nSPS) is 14.0. The first-order valence-corrected chi connectivity index (χ1v) is 8.11. The van der Waals surface area contributed by atoms with Crippen molar-refractivity contribution < 1.29 is 24.5 Å². The van der Waals surface area contributed by atoms with Crippen LogP contribution in [0.5, 0.6) is 5.75 Å². The number of methoxy groups -OCH3 is 1. The van der Waals surface area contributed by atoms with Gasteiger partial charge in [-0.2, -0.15) is 0 Å². The maximum absolute atomic E-state index is 11.7. The van der Waals surface area contributed by atoms with Crippen LogP contribution in [0.15, 0.2) is 36.4 Å². The van der Waals surface area contributed by atoms with E-state index in [2.05, 4.69) is 5.32 Å². The Bertz CT molecular complexity index is 738. The van der Waals surface area contributed by atoms with Crippen molar-refractivity contribution in [1.29, 1.82) is 0 Å². The van der Waals surface area contributed by atoms with Gasteiger partial charge in [-0.05, 0) is 37.6 Å². The smallest absolute Gasteiger partial charge is 0.407 e. The van der Waals surface area contributed by atoms with Crippen LogP contribution in [0.4, 0.5) is 4.79 Å². The van der Waals surface area contributed by atoms with Gasteiger partial charge in [0, 0.05) is 12.1 Å². The zero-order chi connectivity index (χ0) is 18.6. The molecule has 0 saturated carbocycles. The summed E-state index contributed by atoms with van der Waals surface area (Å²) in [4.78, 5) is 11.7. The third kappa shape index (κ3) is 4.84. The van der Waals surface area contributed by atoms with Crippen LogP contribution in [0.2, 0.25) is 0 Å². The maximum atomic E-state index is 11.7. The van der Waals surface area contributed by atoms with Gasteiger partial charge in [-0.25, -0.2) is 4.79 Å². The van der Waals surface area contributed by atoms with Gasteiger partial charge in [0.05, 0.1) is 7.11 Å². The maximum Gasteiger partial charge on any atom is 0.407 e. The summed E-state index contributed by atoms with van der Waals surface area (Å²) in [6.45, 7) is 5.10. The number of alkyl carbamates (subject to hydrolysis) is 1. The lowest BCUT2D eigenvalue weighted by Gasteiger charge is -2.24. The Kier molecular flexibility index (Phi) is 5.87. The van der Waals surface area contributed by atoms with Gasteiger partial charge in [0.2, 0.25) is 0 Å². The topological polar surface area (TPSA) is 88.0 Å². The van der Waals surface area contributed by atoms with Gasteiger partial charge in [-0.3, -0.25) is 0 Å². The Morgan fingerprint density at radius 1 is 1.16 bits per heavy atom. The fourth-order valence-corrected chi connectivity index (χ4v) is 2.56. The average Bonchev–Trinajstić information content (AvgIpc) is 2.56. The first kappa shape index (κ1) is 19.0. The minimum absolute atomic E-state index is 0.150. The number of amides is 1. The van der Waals surface area contributed by atoms with Crippen LogP contribution in [0.3, 0.4) is 0 Å². The van der Waals surface area contributed by atoms with Crippen LogP contribution in [0, 0.1) is 0 Å². The van der Waals surface area contributed by atoms with E-state index in [0.717, 1.165) is 10.8 Å². The van der Waals surface area contributed by atoms with E-state index in [1.165, 1.54) is 7.11 Å². The standard InChI is InChI=1S/C19H25NO5/c1-19(2,3)25-18(23)20-11-14(21)17(22)16-13-8-6-5-7-12(13)9-10-15(16)24-4/h5-10,14,17,21-22H,11H2,1-4H3,(H,20,23). The lowest BCUT2D eigenvalue weighted by atomic mass is 9.96. The number of fused-ring (bicyclic) bond motifs is 1.